The summed E-state index contributed by atoms with van der Waals surface area (Å²) in [5.41, 5.74) is 4.39. The van der Waals surface area contributed by atoms with E-state index in [1.54, 1.807) is 0 Å². The SMILES string of the molecule is CCCc1cc(SCCCSCc2ccccc2)ccc1C. The predicted molar refractivity (Wildman–Crippen MR) is 103 cm³/mol. The van der Waals surface area contributed by atoms with Crippen LogP contribution in [0.4, 0.5) is 0 Å². The van der Waals surface area contributed by atoms with Crippen molar-refractivity contribution in [3.63, 3.8) is 0 Å². The molecule has 22 heavy (non-hydrogen) atoms. The predicted octanol–water partition coefficient (Wildman–Crippen LogP) is 6.36. The molecular formula is C20H26S2. The average Bonchev–Trinajstić information content (AvgIpc) is 2.55. The molecular weight excluding hydrogens is 304 g/mol. The summed E-state index contributed by atoms with van der Waals surface area (Å²) in [7, 11) is 0. The van der Waals surface area contributed by atoms with E-state index in [2.05, 4.69) is 62.4 Å². The molecule has 0 radical (unpaired) electrons. The molecule has 2 aromatic carbocycles. The van der Waals surface area contributed by atoms with Gasteiger partial charge in [0.25, 0.3) is 0 Å². The highest BCUT2D eigenvalue weighted by Gasteiger charge is 2.01. The van der Waals surface area contributed by atoms with E-state index in [9.17, 15) is 0 Å². The van der Waals surface area contributed by atoms with Crippen molar-refractivity contribution in [2.24, 2.45) is 0 Å². The van der Waals surface area contributed by atoms with Gasteiger partial charge in [-0.3, -0.25) is 0 Å². The second kappa shape index (κ2) is 10.0. The lowest BCUT2D eigenvalue weighted by Crippen LogP contribution is -1.90. The zero-order chi connectivity index (χ0) is 15.6. The van der Waals surface area contributed by atoms with E-state index in [4.69, 9.17) is 0 Å². The molecule has 2 aromatic rings. The van der Waals surface area contributed by atoms with Gasteiger partial charge < -0.3 is 0 Å². The molecule has 0 amide bonds. The molecule has 0 saturated carbocycles. The first-order valence-electron chi connectivity index (χ1n) is 8.13. The van der Waals surface area contributed by atoms with Gasteiger partial charge in [-0.15, -0.1) is 11.8 Å². The Morgan fingerprint density at radius 3 is 2.55 bits per heavy atom. The third-order valence-corrected chi connectivity index (χ3v) is 5.85. The van der Waals surface area contributed by atoms with Crippen LogP contribution in [-0.4, -0.2) is 11.5 Å². The monoisotopic (exact) mass is 330 g/mol. The zero-order valence-electron chi connectivity index (χ0n) is 13.7. The molecule has 0 N–H and O–H groups in total. The summed E-state index contributed by atoms with van der Waals surface area (Å²) in [5.74, 6) is 3.60. The van der Waals surface area contributed by atoms with Crippen LogP contribution in [0.1, 0.15) is 36.5 Å². The summed E-state index contributed by atoms with van der Waals surface area (Å²) in [6.07, 6.45) is 3.71. The van der Waals surface area contributed by atoms with E-state index in [1.807, 2.05) is 23.5 Å². The van der Waals surface area contributed by atoms with Crippen molar-refractivity contribution in [1.82, 2.24) is 0 Å². The third kappa shape index (κ3) is 6.10. The van der Waals surface area contributed by atoms with Gasteiger partial charge in [-0.1, -0.05) is 49.7 Å². The van der Waals surface area contributed by atoms with E-state index in [-0.39, 0.29) is 0 Å². The highest BCUT2D eigenvalue weighted by Crippen LogP contribution is 2.24. The largest absolute Gasteiger partial charge is 0.157 e. The van der Waals surface area contributed by atoms with Gasteiger partial charge in [-0.2, -0.15) is 11.8 Å². The van der Waals surface area contributed by atoms with E-state index in [1.165, 1.54) is 52.4 Å². The lowest BCUT2D eigenvalue weighted by Gasteiger charge is -2.08. The molecule has 0 atom stereocenters. The number of hydrogen-bond acceptors (Lipinski definition) is 2. The molecule has 0 saturated heterocycles. The molecule has 0 bridgehead atoms. The Morgan fingerprint density at radius 1 is 0.955 bits per heavy atom. The van der Waals surface area contributed by atoms with Gasteiger partial charge in [-0.05, 0) is 60.1 Å². The van der Waals surface area contributed by atoms with Gasteiger partial charge in [0, 0.05) is 10.6 Å². The summed E-state index contributed by atoms with van der Waals surface area (Å²) in [5, 5.41) is 0. The third-order valence-electron chi connectivity index (χ3n) is 3.65. The Hall–Kier alpha value is -0.860. The number of rotatable bonds is 9. The molecule has 118 valence electrons. The van der Waals surface area contributed by atoms with Crippen LogP contribution in [0.5, 0.6) is 0 Å². The number of benzene rings is 2. The standard InChI is InChI=1S/C20H26S2/c1-3-8-19-15-20(12-11-17(19)2)22-14-7-13-21-16-18-9-5-4-6-10-18/h4-6,9-12,15H,3,7-8,13-14,16H2,1-2H3. The summed E-state index contributed by atoms with van der Waals surface area (Å²) < 4.78 is 0. The van der Waals surface area contributed by atoms with Crippen LogP contribution >= 0.6 is 23.5 Å². The van der Waals surface area contributed by atoms with Crippen LogP contribution < -0.4 is 0 Å². The number of hydrogen-bond donors (Lipinski definition) is 0. The normalized spacial score (nSPS) is 10.8. The molecule has 0 heterocycles. The minimum Gasteiger partial charge on any atom is -0.157 e. The Balaban J connectivity index is 1.65. The van der Waals surface area contributed by atoms with E-state index in [0.717, 1.165) is 5.75 Å². The van der Waals surface area contributed by atoms with Gasteiger partial charge in [0.05, 0.1) is 0 Å². The summed E-state index contributed by atoms with van der Waals surface area (Å²) in [4.78, 5) is 1.43. The highest BCUT2D eigenvalue weighted by atomic mass is 32.2. The average molecular weight is 331 g/mol. The maximum Gasteiger partial charge on any atom is 0.0184 e. The van der Waals surface area contributed by atoms with Gasteiger partial charge in [0.1, 0.15) is 0 Å². The minimum atomic E-state index is 1.14. The topological polar surface area (TPSA) is 0 Å². The molecule has 0 unspecified atom stereocenters. The van der Waals surface area contributed by atoms with Crippen LogP contribution in [0, 0.1) is 6.92 Å². The summed E-state index contributed by atoms with van der Waals surface area (Å²) in [6, 6.07) is 17.7. The Labute approximate surface area is 144 Å². The molecule has 0 nitrogen and oxygen atoms in total. The van der Waals surface area contributed by atoms with E-state index >= 15 is 0 Å². The van der Waals surface area contributed by atoms with Crippen molar-refractivity contribution < 1.29 is 0 Å². The minimum absolute atomic E-state index is 1.14. The fourth-order valence-corrected chi connectivity index (χ4v) is 4.41. The van der Waals surface area contributed by atoms with Crippen LogP contribution in [0.2, 0.25) is 0 Å². The fraction of sp³-hybridized carbons (Fsp3) is 0.400. The fourth-order valence-electron chi connectivity index (χ4n) is 2.39. The van der Waals surface area contributed by atoms with Crippen molar-refractivity contribution >= 4 is 23.5 Å². The van der Waals surface area contributed by atoms with Crippen molar-refractivity contribution in [2.75, 3.05) is 11.5 Å². The van der Waals surface area contributed by atoms with Gasteiger partial charge in [0.15, 0.2) is 0 Å². The Morgan fingerprint density at radius 2 is 1.77 bits per heavy atom. The van der Waals surface area contributed by atoms with Crippen molar-refractivity contribution in [3.05, 3.63) is 65.2 Å². The second-order valence-corrected chi connectivity index (χ2v) is 7.85. The van der Waals surface area contributed by atoms with Crippen LogP contribution in [0.25, 0.3) is 0 Å². The van der Waals surface area contributed by atoms with Crippen LogP contribution in [-0.2, 0) is 12.2 Å². The van der Waals surface area contributed by atoms with Gasteiger partial charge >= 0.3 is 0 Å². The summed E-state index contributed by atoms with van der Waals surface area (Å²) in [6.45, 7) is 4.48. The number of aryl methyl sites for hydroxylation is 2. The quantitative estimate of drug-likeness (QED) is 0.387. The highest BCUT2D eigenvalue weighted by molar-refractivity contribution is 7.99. The molecule has 2 rings (SSSR count). The van der Waals surface area contributed by atoms with Gasteiger partial charge in [-0.25, -0.2) is 0 Å². The molecule has 0 aromatic heterocycles. The lowest BCUT2D eigenvalue weighted by atomic mass is 10.0. The first kappa shape index (κ1) is 17.5. The second-order valence-electron chi connectivity index (χ2n) is 5.58. The Bertz CT molecular complexity index is 549. The molecule has 0 spiro atoms. The first-order valence-corrected chi connectivity index (χ1v) is 10.3. The molecule has 2 heteroatoms. The van der Waals surface area contributed by atoms with Crippen molar-refractivity contribution in [2.45, 2.75) is 43.8 Å². The molecule has 0 aliphatic carbocycles. The van der Waals surface area contributed by atoms with Crippen LogP contribution in [0.15, 0.2) is 53.4 Å². The van der Waals surface area contributed by atoms with Crippen LogP contribution in [0.3, 0.4) is 0 Å². The molecule has 0 aliphatic rings. The van der Waals surface area contributed by atoms with E-state index < -0.39 is 0 Å². The van der Waals surface area contributed by atoms with Crippen molar-refractivity contribution in [1.29, 1.82) is 0 Å². The zero-order valence-corrected chi connectivity index (χ0v) is 15.3. The molecule has 0 aliphatic heterocycles. The maximum atomic E-state index is 2.39. The van der Waals surface area contributed by atoms with E-state index in [0.29, 0.717) is 0 Å². The smallest absolute Gasteiger partial charge is 0.0184 e. The van der Waals surface area contributed by atoms with Crippen molar-refractivity contribution in [3.8, 4) is 0 Å². The first-order chi connectivity index (χ1) is 10.8. The number of thioether (sulfide) groups is 2. The van der Waals surface area contributed by atoms with Gasteiger partial charge in [0.2, 0.25) is 0 Å². The summed E-state index contributed by atoms with van der Waals surface area (Å²) >= 11 is 4.04. The molecule has 0 fully saturated rings. The maximum absolute atomic E-state index is 2.39. The lowest BCUT2D eigenvalue weighted by molar-refractivity contribution is 0.908. The Kier molecular flexibility index (Phi) is 7.96.